The van der Waals surface area contributed by atoms with Gasteiger partial charge in [0, 0.05) is 17.4 Å². The van der Waals surface area contributed by atoms with Gasteiger partial charge in [0.05, 0.1) is 17.5 Å². The number of aliphatic carboxylic acids is 1. The van der Waals surface area contributed by atoms with Crippen molar-refractivity contribution in [1.29, 1.82) is 0 Å². The number of carboxylic acid groups (broad SMARTS) is 1. The normalized spacial score (nSPS) is 30.7. The number of halogens is 3. The second-order valence-electron chi connectivity index (χ2n) is 8.13. The molecule has 1 amide bonds. The van der Waals surface area contributed by atoms with Crippen LogP contribution in [0.3, 0.4) is 0 Å². The van der Waals surface area contributed by atoms with Crippen LogP contribution < -0.4 is 0 Å². The van der Waals surface area contributed by atoms with Gasteiger partial charge in [-0.2, -0.15) is 13.2 Å². The molecule has 0 spiro atoms. The molecule has 2 aliphatic carbocycles. The summed E-state index contributed by atoms with van der Waals surface area (Å²) < 4.78 is 42.4. The van der Waals surface area contributed by atoms with Crippen molar-refractivity contribution in [2.75, 3.05) is 6.54 Å². The van der Waals surface area contributed by atoms with Gasteiger partial charge in [-0.3, -0.25) is 9.59 Å². The smallest absolute Gasteiger partial charge is 0.414 e. The molecule has 3 aliphatic rings. The van der Waals surface area contributed by atoms with Crippen LogP contribution in [0.5, 0.6) is 0 Å². The first-order chi connectivity index (χ1) is 13.8. The highest BCUT2D eigenvalue weighted by molar-refractivity contribution is 5.89. The second-order valence-corrected chi connectivity index (χ2v) is 8.13. The molecule has 29 heavy (non-hydrogen) atoms. The Morgan fingerprint density at radius 2 is 1.79 bits per heavy atom. The molecular weight excluding hydrogens is 385 g/mol. The Balaban J connectivity index is 1.57. The lowest BCUT2D eigenvalue weighted by atomic mass is 9.81. The number of aromatic nitrogens is 1. The van der Waals surface area contributed by atoms with Gasteiger partial charge in [0.25, 0.3) is 0 Å². The molecule has 2 aromatic rings. The monoisotopic (exact) mass is 404 g/mol. The SMILES string of the molecule is O=C(O)[C@H]1[C@@H](C(=O)N2CCc3c([nH]c4ccccc34)[C@H]2C(F)(F)F)[C@H]2C=C[C@@H]1C2. The summed E-state index contributed by atoms with van der Waals surface area (Å²) in [5, 5.41) is 10.3. The number of allylic oxidation sites excluding steroid dienone is 2. The van der Waals surface area contributed by atoms with Crippen molar-refractivity contribution in [2.45, 2.75) is 25.1 Å². The number of H-pyrrole nitrogens is 1. The Kier molecular flexibility index (Phi) is 3.85. The van der Waals surface area contributed by atoms with Crippen LogP contribution in [0.1, 0.15) is 23.7 Å². The fourth-order valence-corrected chi connectivity index (χ4v) is 5.51. The van der Waals surface area contributed by atoms with E-state index in [9.17, 15) is 27.9 Å². The molecule has 5 nitrogen and oxygen atoms in total. The summed E-state index contributed by atoms with van der Waals surface area (Å²) >= 11 is 0. The number of nitrogens with one attached hydrogen (secondary N) is 1. The maximum Gasteiger partial charge on any atom is 0.414 e. The molecule has 1 fully saturated rings. The topological polar surface area (TPSA) is 73.4 Å². The highest BCUT2D eigenvalue weighted by atomic mass is 19.4. The molecule has 1 saturated carbocycles. The zero-order chi connectivity index (χ0) is 20.5. The maximum atomic E-state index is 14.1. The Morgan fingerprint density at radius 3 is 2.48 bits per heavy atom. The molecule has 152 valence electrons. The van der Waals surface area contributed by atoms with Crippen molar-refractivity contribution in [3.63, 3.8) is 0 Å². The van der Waals surface area contributed by atoms with Crippen LogP contribution in [0.15, 0.2) is 36.4 Å². The average Bonchev–Trinajstić information content (AvgIpc) is 3.37. The van der Waals surface area contributed by atoms with Crippen molar-refractivity contribution < 1.29 is 27.9 Å². The number of hydrogen-bond acceptors (Lipinski definition) is 2. The van der Waals surface area contributed by atoms with Gasteiger partial charge in [0.1, 0.15) is 0 Å². The molecule has 1 aliphatic heterocycles. The molecule has 8 heteroatoms. The summed E-state index contributed by atoms with van der Waals surface area (Å²) in [5.41, 5.74) is 1.17. The lowest BCUT2D eigenvalue weighted by molar-refractivity contribution is -0.197. The number of rotatable bonds is 2. The highest BCUT2D eigenvalue weighted by Gasteiger charge is 2.57. The molecule has 2 bridgehead atoms. The first kappa shape index (κ1) is 18.3. The van der Waals surface area contributed by atoms with E-state index in [-0.39, 0.29) is 24.1 Å². The van der Waals surface area contributed by atoms with E-state index in [1.807, 2.05) is 0 Å². The fraction of sp³-hybridized carbons (Fsp3) is 0.429. The van der Waals surface area contributed by atoms with E-state index in [0.717, 1.165) is 10.3 Å². The minimum absolute atomic E-state index is 0.0103. The number of carboxylic acids is 1. The second kappa shape index (κ2) is 6.11. The summed E-state index contributed by atoms with van der Waals surface area (Å²) in [4.78, 5) is 28.8. The van der Waals surface area contributed by atoms with Gasteiger partial charge in [-0.1, -0.05) is 30.4 Å². The van der Waals surface area contributed by atoms with E-state index in [4.69, 9.17) is 0 Å². The number of hydrogen-bond donors (Lipinski definition) is 2. The fourth-order valence-electron chi connectivity index (χ4n) is 5.51. The summed E-state index contributed by atoms with van der Waals surface area (Å²) in [5.74, 6) is -4.34. The van der Waals surface area contributed by atoms with E-state index in [1.54, 1.807) is 36.4 Å². The van der Waals surface area contributed by atoms with Crippen LogP contribution >= 0.6 is 0 Å². The van der Waals surface area contributed by atoms with E-state index in [0.29, 0.717) is 23.9 Å². The van der Waals surface area contributed by atoms with E-state index in [1.165, 1.54) is 0 Å². The van der Waals surface area contributed by atoms with Crippen molar-refractivity contribution in [2.24, 2.45) is 23.7 Å². The Labute approximate surface area is 164 Å². The standard InChI is InChI=1S/C21H19F3N2O3/c22-21(23,24)18-17-13(12-3-1-2-4-14(12)25-17)7-8-26(18)19(27)15-10-5-6-11(9-10)16(15)20(28)29/h1-6,10-11,15-16,18,25H,7-9H2,(H,28,29)/t10-,11+,15-,16+,18-/m0/s1. The minimum atomic E-state index is -4.67. The number of para-hydroxylation sites is 1. The van der Waals surface area contributed by atoms with Gasteiger partial charge in [-0.15, -0.1) is 0 Å². The molecule has 0 unspecified atom stereocenters. The first-order valence-electron chi connectivity index (χ1n) is 9.65. The number of benzene rings is 1. The van der Waals surface area contributed by atoms with Gasteiger partial charge in [-0.25, -0.2) is 0 Å². The van der Waals surface area contributed by atoms with Crippen molar-refractivity contribution in [3.8, 4) is 0 Å². The molecule has 2 heterocycles. The summed E-state index contributed by atoms with van der Waals surface area (Å²) in [7, 11) is 0. The summed E-state index contributed by atoms with van der Waals surface area (Å²) in [6, 6.07) is 4.92. The molecular formula is C21H19F3N2O3. The average molecular weight is 404 g/mol. The minimum Gasteiger partial charge on any atom is -0.481 e. The number of carbonyl (C=O) groups excluding carboxylic acids is 1. The van der Waals surface area contributed by atoms with Crippen molar-refractivity contribution in [3.05, 3.63) is 47.7 Å². The molecule has 0 saturated heterocycles. The number of nitrogens with zero attached hydrogens (tertiary/aromatic N) is 1. The zero-order valence-corrected chi connectivity index (χ0v) is 15.3. The van der Waals surface area contributed by atoms with Crippen LogP contribution in [0, 0.1) is 23.7 Å². The van der Waals surface area contributed by atoms with Crippen LogP contribution in [-0.4, -0.2) is 39.6 Å². The van der Waals surface area contributed by atoms with Crippen LogP contribution in [0.25, 0.3) is 10.9 Å². The highest BCUT2D eigenvalue weighted by Crippen LogP contribution is 2.51. The predicted molar refractivity (Wildman–Crippen MR) is 97.9 cm³/mol. The molecule has 1 aromatic heterocycles. The lowest BCUT2D eigenvalue weighted by Gasteiger charge is -2.39. The predicted octanol–water partition coefficient (Wildman–Crippen LogP) is 3.68. The van der Waals surface area contributed by atoms with Crippen LogP contribution in [0.2, 0.25) is 0 Å². The summed E-state index contributed by atoms with van der Waals surface area (Å²) in [6.45, 7) is -0.0815. The van der Waals surface area contributed by atoms with Gasteiger partial charge >= 0.3 is 12.1 Å². The van der Waals surface area contributed by atoms with Gasteiger partial charge in [0.2, 0.25) is 5.91 Å². The maximum absolute atomic E-state index is 14.1. The number of amides is 1. The van der Waals surface area contributed by atoms with E-state index in [2.05, 4.69) is 4.98 Å². The third-order valence-corrected chi connectivity index (χ3v) is 6.66. The number of fused-ring (bicyclic) bond motifs is 5. The van der Waals surface area contributed by atoms with Crippen molar-refractivity contribution in [1.82, 2.24) is 9.88 Å². The van der Waals surface area contributed by atoms with E-state index < -0.39 is 35.9 Å². The third kappa shape index (κ3) is 2.61. The molecule has 0 radical (unpaired) electrons. The molecule has 1 aromatic carbocycles. The van der Waals surface area contributed by atoms with Gasteiger partial charge < -0.3 is 15.0 Å². The lowest BCUT2D eigenvalue weighted by Crippen LogP contribution is -2.51. The largest absolute Gasteiger partial charge is 0.481 e. The Hall–Kier alpha value is -2.77. The zero-order valence-electron chi connectivity index (χ0n) is 15.3. The Morgan fingerprint density at radius 1 is 1.10 bits per heavy atom. The number of carbonyl (C=O) groups is 2. The Bertz CT molecular complexity index is 1040. The number of aromatic amines is 1. The van der Waals surface area contributed by atoms with E-state index >= 15 is 0 Å². The van der Waals surface area contributed by atoms with Crippen molar-refractivity contribution >= 4 is 22.8 Å². The molecule has 2 N–H and O–H groups in total. The summed E-state index contributed by atoms with van der Waals surface area (Å²) in [6.07, 6.45) is -0.298. The van der Waals surface area contributed by atoms with Crippen LogP contribution in [0.4, 0.5) is 13.2 Å². The van der Waals surface area contributed by atoms with Gasteiger partial charge in [0.15, 0.2) is 6.04 Å². The molecule has 5 rings (SSSR count). The molecule has 5 atom stereocenters. The van der Waals surface area contributed by atoms with Gasteiger partial charge in [-0.05, 0) is 36.3 Å². The van der Waals surface area contributed by atoms with Crippen LogP contribution in [-0.2, 0) is 16.0 Å². The first-order valence-corrected chi connectivity index (χ1v) is 9.65. The number of alkyl halides is 3. The quantitative estimate of drug-likeness (QED) is 0.750. The third-order valence-electron chi connectivity index (χ3n) is 6.66.